The van der Waals surface area contributed by atoms with Gasteiger partial charge < -0.3 is 9.72 Å². The van der Waals surface area contributed by atoms with Crippen LogP contribution in [0.4, 0.5) is 0 Å². The van der Waals surface area contributed by atoms with Crippen molar-refractivity contribution >= 4 is 29.3 Å². The molecule has 0 aliphatic heterocycles. The van der Waals surface area contributed by atoms with Gasteiger partial charge in [0, 0.05) is 16.2 Å². The van der Waals surface area contributed by atoms with E-state index in [-0.39, 0.29) is 11.6 Å². The van der Waals surface area contributed by atoms with E-state index in [9.17, 15) is 14.4 Å². The number of carbonyl (C=O) groups excluding carboxylic acids is 3. The molecule has 1 heterocycles. The van der Waals surface area contributed by atoms with Gasteiger partial charge in [0.1, 0.15) is 5.25 Å². The number of H-pyrrole nitrogens is 1. The highest BCUT2D eigenvalue weighted by atomic mass is 32.2. The van der Waals surface area contributed by atoms with Gasteiger partial charge in [-0.15, -0.1) is 11.8 Å². The number of benzene rings is 1. The number of aromatic amines is 1. The van der Waals surface area contributed by atoms with Crippen LogP contribution in [0.1, 0.15) is 58.4 Å². The number of carbonyl (C=O) groups is 3. The molecule has 0 amide bonds. The van der Waals surface area contributed by atoms with Crippen molar-refractivity contribution in [3.63, 3.8) is 0 Å². The first kappa shape index (κ1) is 21.0. The second kappa shape index (κ2) is 8.57. The van der Waals surface area contributed by atoms with Gasteiger partial charge in [0.2, 0.25) is 5.78 Å². The van der Waals surface area contributed by atoms with E-state index < -0.39 is 17.3 Å². The van der Waals surface area contributed by atoms with Crippen molar-refractivity contribution in [2.45, 2.75) is 57.8 Å². The second-order valence-electron chi connectivity index (χ2n) is 6.70. The molecule has 0 aliphatic rings. The molecule has 0 saturated carbocycles. The van der Waals surface area contributed by atoms with Gasteiger partial charge in [-0.2, -0.15) is 0 Å². The van der Waals surface area contributed by atoms with Crippen molar-refractivity contribution < 1.29 is 19.1 Å². The predicted octanol–water partition coefficient (Wildman–Crippen LogP) is 4.44. The molecule has 0 radical (unpaired) electrons. The minimum atomic E-state index is -0.935. The first-order valence-electron chi connectivity index (χ1n) is 8.80. The first-order valence-corrected chi connectivity index (χ1v) is 9.68. The fourth-order valence-corrected chi connectivity index (χ4v) is 3.77. The average molecular weight is 388 g/mol. The molecule has 2 rings (SSSR count). The van der Waals surface area contributed by atoms with Crippen LogP contribution in [0.15, 0.2) is 29.2 Å². The fourth-order valence-electron chi connectivity index (χ4n) is 2.92. The highest BCUT2D eigenvalue weighted by molar-refractivity contribution is 8.00. The second-order valence-corrected chi connectivity index (χ2v) is 8.11. The van der Waals surface area contributed by atoms with E-state index in [1.54, 1.807) is 27.7 Å². The molecular formula is C21H25NO4S. The number of hydrogen-bond acceptors (Lipinski definition) is 5. The fraction of sp³-hybridized carbons (Fsp3) is 0.381. The maximum atomic E-state index is 12.7. The Morgan fingerprint density at radius 2 is 1.63 bits per heavy atom. The van der Waals surface area contributed by atoms with Crippen LogP contribution in [0.5, 0.6) is 0 Å². The summed E-state index contributed by atoms with van der Waals surface area (Å²) < 4.78 is 5.37. The molecule has 5 nitrogen and oxygen atoms in total. The third-order valence-corrected chi connectivity index (χ3v) is 5.45. The zero-order valence-electron chi connectivity index (χ0n) is 16.5. The van der Waals surface area contributed by atoms with Crippen molar-refractivity contribution in [1.82, 2.24) is 4.98 Å². The lowest BCUT2D eigenvalue weighted by Crippen LogP contribution is -2.29. The number of aryl methyl sites for hydroxylation is 2. The number of esters is 1. The number of aromatic nitrogens is 1. The summed E-state index contributed by atoms with van der Waals surface area (Å²) in [6.07, 6.45) is -0.935. The van der Waals surface area contributed by atoms with Gasteiger partial charge in [-0.1, -0.05) is 17.7 Å². The SMILES string of the molecule is CC(=O)c1c(C)[nH]c(C(=O)[C@@H](C)OC(=O)[C@@H](C)Sc2ccc(C)cc2)c1C. The topological polar surface area (TPSA) is 76.2 Å². The molecule has 2 atom stereocenters. The summed E-state index contributed by atoms with van der Waals surface area (Å²) in [6.45, 7) is 10.2. The molecule has 1 aromatic carbocycles. The quantitative estimate of drug-likeness (QED) is 0.432. The van der Waals surface area contributed by atoms with Crippen molar-refractivity contribution in [3.8, 4) is 0 Å². The van der Waals surface area contributed by atoms with E-state index in [4.69, 9.17) is 4.74 Å². The van der Waals surface area contributed by atoms with Gasteiger partial charge >= 0.3 is 5.97 Å². The van der Waals surface area contributed by atoms with E-state index >= 15 is 0 Å². The Morgan fingerprint density at radius 3 is 2.15 bits per heavy atom. The standard InChI is InChI=1S/C21H25NO4S/c1-11-7-9-17(10-8-11)27-16(6)21(25)26-15(5)20(24)19-12(2)18(14(4)23)13(3)22-19/h7-10,15-16,22H,1-6H3/t15-,16-/m1/s1. The molecular weight excluding hydrogens is 362 g/mol. The molecule has 0 unspecified atom stereocenters. The summed E-state index contributed by atoms with van der Waals surface area (Å²) in [5.41, 5.74) is 3.22. The Morgan fingerprint density at radius 1 is 1.04 bits per heavy atom. The Bertz CT molecular complexity index is 867. The Hall–Kier alpha value is -2.34. The van der Waals surface area contributed by atoms with Crippen LogP contribution < -0.4 is 0 Å². The smallest absolute Gasteiger partial charge is 0.319 e. The van der Waals surface area contributed by atoms with Crippen LogP contribution in [-0.2, 0) is 9.53 Å². The van der Waals surface area contributed by atoms with Gasteiger partial charge in [-0.25, -0.2) is 0 Å². The molecule has 0 bridgehead atoms. The number of Topliss-reactive ketones (excluding diaryl/α,β-unsaturated/α-hetero) is 2. The predicted molar refractivity (Wildman–Crippen MR) is 107 cm³/mol. The van der Waals surface area contributed by atoms with Crippen LogP contribution in [0, 0.1) is 20.8 Å². The van der Waals surface area contributed by atoms with Crippen molar-refractivity contribution in [1.29, 1.82) is 0 Å². The summed E-state index contributed by atoms with van der Waals surface area (Å²) in [4.78, 5) is 40.7. The number of thioether (sulfide) groups is 1. The first-order chi connectivity index (χ1) is 12.6. The van der Waals surface area contributed by atoms with Gasteiger partial charge in [0.05, 0.1) is 5.69 Å². The lowest BCUT2D eigenvalue weighted by atomic mass is 10.0. The molecule has 1 aromatic heterocycles. The zero-order chi connectivity index (χ0) is 20.3. The zero-order valence-corrected chi connectivity index (χ0v) is 17.3. The molecule has 144 valence electrons. The van der Waals surface area contributed by atoms with Crippen LogP contribution in [0.3, 0.4) is 0 Å². The largest absolute Gasteiger partial charge is 0.453 e. The summed E-state index contributed by atoms with van der Waals surface area (Å²) in [5.74, 6) is -0.897. The Kier molecular flexibility index (Phi) is 6.65. The number of rotatable bonds is 7. The Labute approximate surface area is 163 Å². The molecule has 0 fully saturated rings. The van der Waals surface area contributed by atoms with Crippen molar-refractivity contribution in [3.05, 3.63) is 52.3 Å². The highest BCUT2D eigenvalue weighted by Gasteiger charge is 2.27. The van der Waals surface area contributed by atoms with Crippen LogP contribution in [0.2, 0.25) is 0 Å². The third-order valence-electron chi connectivity index (χ3n) is 4.36. The summed E-state index contributed by atoms with van der Waals surface area (Å²) >= 11 is 1.39. The molecule has 2 aromatic rings. The normalized spacial score (nSPS) is 13.1. The van der Waals surface area contributed by atoms with E-state index in [0.29, 0.717) is 22.5 Å². The third kappa shape index (κ3) is 4.89. The molecule has 6 heteroatoms. The van der Waals surface area contributed by atoms with Crippen LogP contribution >= 0.6 is 11.8 Å². The maximum Gasteiger partial charge on any atom is 0.319 e. The average Bonchev–Trinajstić information content (AvgIpc) is 2.90. The molecule has 0 aliphatic carbocycles. The van der Waals surface area contributed by atoms with Crippen LogP contribution in [-0.4, -0.2) is 33.9 Å². The maximum absolute atomic E-state index is 12.7. The Balaban J connectivity index is 2.05. The van der Waals surface area contributed by atoms with E-state index in [1.807, 2.05) is 31.2 Å². The van der Waals surface area contributed by atoms with E-state index in [0.717, 1.165) is 10.5 Å². The van der Waals surface area contributed by atoms with Gasteiger partial charge in [0.25, 0.3) is 0 Å². The molecule has 0 saturated heterocycles. The summed E-state index contributed by atoms with van der Waals surface area (Å²) in [7, 11) is 0. The van der Waals surface area contributed by atoms with Crippen molar-refractivity contribution in [2.75, 3.05) is 0 Å². The number of nitrogens with one attached hydrogen (secondary N) is 1. The van der Waals surface area contributed by atoms with Gasteiger partial charge in [-0.05, 0) is 59.2 Å². The number of ether oxygens (including phenoxy) is 1. The molecule has 27 heavy (non-hydrogen) atoms. The lowest BCUT2D eigenvalue weighted by Gasteiger charge is -2.16. The summed E-state index contributed by atoms with van der Waals surface area (Å²) in [5, 5.41) is -0.442. The van der Waals surface area contributed by atoms with Gasteiger partial charge in [0.15, 0.2) is 11.9 Å². The highest BCUT2D eigenvalue weighted by Crippen LogP contribution is 2.25. The summed E-state index contributed by atoms with van der Waals surface area (Å²) in [6, 6.07) is 7.87. The minimum Gasteiger partial charge on any atom is -0.453 e. The minimum absolute atomic E-state index is 0.104. The number of hydrogen-bond donors (Lipinski definition) is 1. The monoisotopic (exact) mass is 387 g/mol. The number of ketones is 2. The van der Waals surface area contributed by atoms with E-state index in [1.165, 1.54) is 18.7 Å². The van der Waals surface area contributed by atoms with Crippen LogP contribution in [0.25, 0.3) is 0 Å². The molecule has 0 spiro atoms. The van der Waals surface area contributed by atoms with Crippen molar-refractivity contribution in [2.24, 2.45) is 0 Å². The molecule has 1 N–H and O–H groups in total. The van der Waals surface area contributed by atoms with Gasteiger partial charge in [-0.3, -0.25) is 14.4 Å². The van der Waals surface area contributed by atoms with E-state index in [2.05, 4.69) is 4.98 Å². The lowest BCUT2D eigenvalue weighted by molar-refractivity contribution is -0.145.